The van der Waals surface area contributed by atoms with Crippen LogP contribution in [0.15, 0.2) is 30.3 Å². The lowest BCUT2D eigenvalue weighted by Gasteiger charge is -2.27. The number of esters is 1. The molecule has 2 rings (SSSR count). The van der Waals surface area contributed by atoms with Gasteiger partial charge in [-0.2, -0.15) is 0 Å². The number of nitrogens with one attached hydrogen (secondary N) is 1. The summed E-state index contributed by atoms with van der Waals surface area (Å²) in [5, 5.41) is 2.73. The SMILES string of the molecule is COC(=O)[C@@H]1C[C@@H]([C@H](NC(=O)OC(C)(C)C)c2ccccc2)C(=O)N1C(=O)OC(C)(C)C. The number of ether oxygens (including phenoxy) is 3. The van der Waals surface area contributed by atoms with Crippen molar-refractivity contribution in [2.75, 3.05) is 7.11 Å². The van der Waals surface area contributed by atoms with Crippen molar-refractivity contribution in [1.82, 2.24) is 10.2 Å². The van der Waals surface area contributed by atoms with Gasteiger partial charge in [-0.3, -0.25) is 4.79 Å². The molecule has 0 aliphatic carbocycles. The Morgan fingerprint density at radius 2 is 1.56 bits per heavy atom. The molecule has 0 aromatic heterocycles. The Morgan fingerprint density at radius 1 is 1.00 bits per heavy atom. The molecule has 32 heavy (non-hydrogen) atoms. The molecule has 1 aromatic rings. The highest BCUT2D eigenvalue weighted by atomic mass is 16.6. The summed E-state index contributed by atoms with van der Waals surface area (Å²) < 4.78 is 15.5. The topological polar surface area (TPSA) is 111 Å². The first kappa shape index (κ1) is 25.2. The minimum Gasteiger partial charge on any atom is -0.467 e. The summed E-state index contributed by atoms with van der Waals surface area (Å²) in [4.78, 5) is 51.9. The molecule has 1 heterocycles. The van der Waals surface area contributed by atoms with Crippen molar-refractivity contribution in [3.05, 3.63) is 35.9 Å². The minimum atomic E-state index is -1.17. The Kier molecular flexibility index (Phi) is 7.54. The number of methoxy groups -OCH3 is 1. The lowest BCUT2D eigenvalue weighted by molar-refractivity contribution is -0.148. The first-order valence-corrected chi connectivity index (χ1v) is 10.4. The van der Waals surface area contributed by atoms with Crippen LogP contribution >= 0.6 is 0 Å². The predicted octanol–water partition coefficient (Wildman–Crippen LogP) is 3.58. The fourth-order valence-electron chi connectivity index (χ4n) is 3.43. The predicted molar refractivity (Wildman–Crippen MR) is 116 cm³/mol. The van der Waals surface area contributed by atoms with Gasteiger partial charge in [-0.15, -0.1) is 0 Å². The maximum Gasteiger partial charge on any atom is 0.417 e. The maximum atomic E-state index is 13.4. The van der Waals surface area contributed by atoms with Crippen LogP contribution in [0.4, 0.5) is 9.59 Å². The smallest absolute Gasteiger partial charge is 0.417 e. The van der Waals surface area contributed by atoms with Gasteiger partial charge < -0.3 is 19.5 Å². The van der Waals surface area contributed by atoms with Crippen LogP contribution in [0.1, 0.15) is 59.6 Å². The van der Waals surface area contributed by atoms with Crippen molar-refractivity contribution in [3.8, 4) is 0 Å². The van der Waals surface area contributed by atoms with Gasteiger partial charge in [-0.1, -0.05) is 30.3 Å². The van der Waals surface area contributed by atoms with Gasteiger partial charge in [0.2, 0.25) is 5.91 Å². The molecule has 1 saturated heterocycles. The molecule has 9 heteroatoms. The van der Waals surface area contributed by atoms with Crippen molar-refractivity contribution < 1.29 is 33.4 Å². The maximum absolute atomic E-state index is 13.4. The molecule has 1 fully saturated rings. The van der Waals surface area contributed by atoms with Crippen molar-refractivity contribution in [2.45, 2.75) is 71.2 Å². The summed E-state index contributed by atoms with van der Waals surface area (Å²) in [6.07, 6.45) is -1.70. The van der Waals surface area contributed by atoms with Gasteiger partial charge >= 0.3 is 18.2 Å². The molecule has 1 aliphatic rings. The summed E-state index contributed by atoms with van der Waals surface area (Å²) in [7, 11) is 1.18. The number of hydrogen-bond acceptors (Lipinski definition) is 7. The van der Waals surface area contributed by atoms with Crippen molar-refractivity contribution in [1.29, 1.82) is 0 Å². The zero-order valence-corrected chi connectivity index (χ0v) is 19.6. The summed E-state index contributed by atoms with van der Waals surface area (Å²) in [6.45, 7) is 10.2. The number of imide groups is 1. The van der Waals surface area contributed by atoms with Gasteiger partial charge in [-0.05, 0) is 53.5 Å². The fourth-order valence-corrected chi connectivity index (χ4v) is 3.43. The summed E-state index contributed by atoms with van der Waals surface area (Å²) in [6, 6.07) is 6.83. The average molecular weight is 449 g/mol. The van der Waals surface area contributed by atoms with E-state index >= 15 is 0 Å². The number of alkyl carbamates (subject to hydrolysis) is 1. The fraction of sp³-hybridized carbons (Fsp3) is 0.565. The standard InChI is InChI=1S/C23H32N2O7/c1-22(2,3)31-20(28)24-17(14-11-9-8-10-12-14)15-13-16(19(27)30-7)25(18(15)26)21(29)32-23(4,5)6/h8-12,15-17H,13H2,1-7H3,(H,24,28)/t15-,16-,17+/m0/s1. The zero-order chi connectivity index (χ0) is 24.3. The molecular formula is C23H32N2O7. The van der Waals surface area contributed by atoms with E-state index in [9.17, 15) is 19.2 Å². The highest BCUT2D eigenvalue weighted by Crippen LogP contribution is 2.36. The normalized spacial score (nSPS) is 19.8. The van der Waals surface area contributed by atoms with E-state index in [2.05, 4.69) is 5.32 Å². The molecule has 3 amide bonds. The van der Waals surface area contributed by atoms with Crippen LogP contribution in [0.25, 0.3) is 0 Å². The van der Waals surface area contributed by atoms with Crippen LogP contribution in [0.5, 0.6) is 0 Å². The third-order valence-corrected chi connectivity index (χ3v) is 4.64. The van der Waals surface area contributed by atoms with Crippen LogP contribution < -0.4 is 5.32 Å². The molecule has 0 unspecified atom stereocenters. The number of amides is 3. The summed E-state index contributed by atoms with van der Waals surface area (Å²) in [5.41, 5.74) is -0.988. The van der Waals surface area contributed by atoms with Crippen LogP contribution in [-0.2, 0) is 23.8 Å². The molecule has 0 saturated carbocycles. The molecular weight excluding hydrogens is 416 g/mol. The van der Waals surface area contributed by atoms with Gasteiger partial charge in [0, 0.05) is 0 Å². The lowest BCUT2D eigenvalue weighted by Crippen LogP contribution is -2.47. The zero-order valence-electron chi connectivity index (χ0n) is 19.6. The minimum absolute atomic E-state index is 0.0416. The largest absolute Gasteiger partial charge is 0.467 e. The quantitative estimate of drug-likeness (QED) is 0.553. The van der Waals surface area contributed by atoms with Crippen LogP contribution in [0.2, 0.25) is 0 Å². The van der Waals surface area contributed by atoms with Gasteiger partial charge in [0.1, 0.15) is 17.2 Å². The van der Waals surface area contributed by atoms with Gasteiger partial charge in [-0.25, -0.2) is 19.3 Å². The van der Waals surface area contributed by atoms with E-state index in [0.717, 1.165) is 4.90 Å². The van der Waals surface area contributed by atoms with E-state index < -0.39 is 53.3 Å². The van der Waals surface area contributed by atoms with E-state index in [1.165, 1.54) is 7.11 Å². The highest BCUT2D eigenvalue weighted by Gasteiger charge is 2.52. The number of hydrogen-bond donors (Lipinski definition) is 1. The van der Waals surface area contributed by atoms with Crippen molar-refractivity contribution in [2.24, 2.45) is 5.92 Å². The van der Waals surface area contributed by atoms with Crippen LogP contribution in [-0.4, -0.2) is 53.3 Å². The van der Waals surface area contributed by atoms with E-state index in [0.29, 0.717) is 5.56 Å². The van der Waals surface area contributed by atoms with E-state index in [-0.39, 0.29) is 6.42 Å². The van der Waals surface area contributed by atoms with E-state index in [1.807, 2.05) is 0 Å². The monoisotopic (exact) mass is 448 g/mol. The molecule has 9 nitrogen and oxygen atoms in total. The Morgan fingerprint density at radius 3 is 2.06 bits per heavy atom. The van der Waals surface area contributed by atoms with Crippen LogP contribution in [0, 0.1) is 5.92 Å². The lowest BCUT2D eigenvalue weighted by atomic mass is 9.90. The van der Waals surface area contributed by atoms with Crippen molar-refractivity contribution in [3.63, 3.8) is 0 Å². The number of likely N-dealkylation sites (tertiary alicyclic amines) is 1. The average Bonchev–Trinajstić information content (AvgIpc) is 3.00. The Balaban J connectivity index is 2.41. The van der Waals surface area contributed by atoms with Crippen LogP contribution in [0.3, 0.4) is 0 Å². The molecule has 176 valence electrons. The molecule has 0 bridgehead atoms. The van der Waals surface area contributed by atoms with Gasteiger partial charge in [0.15, 0.2) is 0 Å². The number of benzene rings is 1. The molecule has 1 aliphatic heterocycles. The molecule has 1 N–H and O–H groups in total. The Labute approximate surface area is 188 Å². The summed E-state index contributed by atoms with van der Waals surface area (Å²) in [5.74, 6) is -2.29. The number of carbonyl (C=O) groups excluding carboxylic acids is 4. The third-order valence-electron chi connectivity index (χ3n) is 4.64. The Bertz CT molecular complexity index is 855. The second kappa shape index (κ2) is 9.58. The molecule has 0 radical (unpaired) electrons. The molecule has 0 spiro atoms. The van der Waals surface area contributed by atoms with E-state index in [1.54, 1.807) is 71.9 Å². The second-order valence-electron chi connectivity index (χ2n) is 9.60. The number of nitrogens with zero attached hydrogens (tertiary/aromatic N) is 1. The number of carbonyl (C=O) groups is 4. The molecule has 3 atom stereocenters. The van der Waals surface area contributed by atoms with Gasteiger partial charge in [0.25, 0.3) is 0 Å². The first-order valence-electron chi connectivity index (χ1n) is 10.4. The Hall–Kier alpha value is -3.10. The molecule has 1 aromatic carbocycles. The van der Waals surface area contributed by atoms with Gasteiger partial charge in [0.05, 0.1) is 19.1 Å². The summed E-state index contributed by atoms with van der Waals surface area (Å²) >= 11 is 0. The first-order chi connectivity index (χ1) is 14.7. The van der Waals surface area contributed by atoms with Crippen molar-refractivity contribution >= 4 is 24.1 Å². The third kappa shape index (κ3) is 6.45. The van der Waals surface area contributed by atoms with E-state index in [4.69, 9.17) is 14.2 Å². The second-order valence-corrected chi connectivity index (χ2v) is 9.60. The highest BCUT2D eigenvalue weighted by molar-refractivity contribution is 6.01. The number of rotatable bonds is 4.